The van der Waals surface area contributed by atoms with Crippen molar-refractivity contribution in [3.05, 3.63) is 35.9 Å². The molecule has 1 heterocycles. The second kappa shape index (κ2) is 13.3. The van der Waals surface area contributed by atoms with Crippen LogP contribution in [-0.4, -0.2) is 56.9 Å². The third kappa shape index (κ3) is 8.68. The lowest BCUT2D eigenvalue weighted by molar-refractivity contribution is 0.0775. The van der Waals surface area contributed by atoms with Crippen molar-refractivity contribution in [2.75, 3.05) is 39.9 Å². The second-order valence-electron chi connectivity index (χ2n) is 6.85. The lowest BCUT2D eigenvalue weighted by atomic mass is 10.1. The summed E-state index contributed by atoms with van der Waals surface area (Å²) in [5.41, 5.74) is 1.23. The van der Waals surface area contributed by atoms with E-state index >= 15 is 0 Å². The van der Waals surface area contributed by atoms with Crippen LogP contribution in [0.5, 0.6) is 0 Å². The molecule has 1 aromatic rings. The van der Waals surface area contributed by atoms with Crippen LogP contribution in [0, 0.1) is 5.92 Å². The Morgan fingerprint density at radius 3 is 2.77 bits per heavy atom. The number of likely N-dealkylation sites (tertiary alicyclic amines) is 1. The van der Waals surface area contributed by atoms with Gasteiger partial charge in [-0.3, -0.25) is 4.99 Å². The van der Waals surface area contributed by atoms with Gasteiger partial charge < -0.3 is 19.7 Å². The molecule has 1 saturated heterocycles. The summed E-state index contributed by atoms with van der Waals surface area (Å²) in [5.74, 6) is 1.57. The van der Waals surface area contributed by atoms with Crippen molar-refractivity contribution in [1.82, 2.24) is 10.2 Å². The van der Waals surface area contributed by atoms with Crippen molar-refractivity contribution in [3.8, 4) is 0 Å². The molecule has 1 aromatic carbocycles. The Morgan fingerprint density at radius 1 is 1.31 bits per heavy atom. The fraction of sp³-hybridized carbons (Fsp3) is 0.650. The van der Waals surface area contributed by atoms with Crippen LogP contribution in [0.15, 0.2) is 35.3 Å². The number of rotatable bonds is 9. The number of hydrogen-bond donors (Lipinski definition) is 1. The maximum Gasteiger partial charge on any atom is 0.193 e. The third-order valence-electron chi connectivity index (χ3n) is 4.32. The van der Waals surface area contributed by atoms with Gasteiger partial charge in [-0.15, -0.1) is 24.0 Å². The highest BCUT2D eigenvalue weighted by Crippen LogP contribution is 2.17. The largest absolute Gasteiger partial charge is 0.379 e. The van der Waals surface area contributed by atoms with E-state index in [1.165, 1.54) is 5.56 Å². The first-order valence-corrected chi connectivity index (χ1v) is 9.38. The van der Waals surface area contributed by atoms with Gasteiger partial charge in [0.1, 0.15) is 0 Å². The first-order valence-electron chi connectivity index (χ1n) is 9.38. The molecule has 1 fully saturated rings. The average Bonchev–Trinajstić information content (AvgIpc) is 3.07. The van der Waals surface area contributed by atoms with Gasteiger partial charge in [0.2, 0.25) is 0 Å². The van der Waals surface area contributed by atoms with Gasteiger partial charge in [0.15, 0.2) is 5.96 Å². The normalized spacial score (nSPS) is 17.5. The van der Waals surface area contributed by atoms with Crippen LogP contribution in [0.3, 0.4) is 0 Å². The van der Waals surface area contributed by atoms with Crippen molar-refractivity contribution < 1.29 is 9.47 Å². The quantitative estimate of drug-likeness (QED) is 0.257. The Balaban J connectivity index is 0.00000338. The molecule has 5 nitrogen and oxygen atoms in total. The summed E-state index contributed by atoms with van der Waals surface area (Å²) in [7, 11) is 1.85. The Morgan fingerprint density at radius 2 is 2.08 bits per heavy atom. The van der Waals surface area contributed by atoms with E-state index in [2.05, 4.69) is 53.3 Å². The molecule has 0 saturated carbocycles. The van der Waals surface area contributed by atoms with E-state index < -0.39 is 0 Å². The number of hydrogen-bond acceptors (Lipinski definition) is 3. The van der Waals surface area contributed by atoms with Gasteiger partial charge in [0.25, 0.3) is 0 Å². The van der Waals surface area contributed by atoms with Gasteiger partial charge in [-0.1, -0.05) is 30.3 Å². The Labute approximate surface area is 175 Å². The maximum atomic E-state index is 5.90. The number of nitrogens with zero attached hydrogens (tertiary/aromatic N) is 2. The van der Waals surface area contributed by atoms with Crippen LogP contribution in [0.2, 0.25) is 0 Å². The van der Waals surface area contributed by atoms with Crippen molar-refractivity contribution >= 4 is 29.9 Å². The molecule has 2 rings (SSSR count). The van der Waals surface area contributed by atoms with Gasteiger partial charge in [-0.05, 0) is 32.3 Å². The van der Waals surface area contributed by atoms with E-state index in [9.17, 15) is 0 Å². The molecule has 1 atom stereocenters. The van der Waals surface area contributed by atoms with Crippen molar-refractivity contribution in [2.45, 2.75) is 39.4 Å². The van der Waals surface area contributed by atoms with Crippen LogP contribution >= 0.6 is 24.0 Å². The number of benzene rings is 1. The van der Waals surface area contributed by atoms with Crippen LogP contribution in [-0.2, 0) is 16.1 Å². The van der Waals surface area contributed by atoms with Crippen LogP contribution in [0.25, 0.3) is 0 Å². The summed E-state index contributed by atoms with van der Waals surface area (Å²) >= 11 is 0. The molecule has 0 bridgehead atoms. The van der Waals surface area contributed by atoms with Gasteiger partial charge in [0, 0.05) is 39.2 Å². The summed E-state index contributed by atoms with van der Waals surface area (Å²) in [4.78, 5) is 6.75. The Kier molecular flexibility index (Phi) is 11.9. The minimum Gasteiger partial charge on any atom is -0.379 e. The molecule has 1 aliphatic rings. The van der Waals surface area contributed by atoms with E-state index in [1.807, 2.05) is 13.1 Å². The first kappa shape index (κ1) is 23.2. The highest BCUT2D eigenvalue weighted by atomic mass is 127. The molecule has 1 unspecified atom stereocenters. The van der Waals surface area contributed by atoms with Gasteiger partial charge in [-0.25, -0.2) is 0 Å². The van der Waals surface area contributed by atoms with Gasteiger partial charge in [0.05, 0.1) is 19.3 Å². The van der Waals surface area contributed by atoms with Gasteiger partial charge in [-0.2, -0.15) is 0 Å². The molecule has 0 amide bonds. The van der Waals surface area contributed by atoms with Crippen LogP contribution < -0.4 is 5.32 Å². The predicted octanol–water partition coefficient (Wildman–Crippen LogP) is 3.53. The lowest BCUT2D eigenvalue weighted by Gasteiger charge is -2.22. The first-order chi connectivity index (χ1) is 12.2. The number of guanidine groups is 1. The third-order valence-corrected chi connectivity index (χ3v) is 4.32. The van der Waals surface area contributed by atoms with E-state index in [1.54, 1.807) is 0 Å². The fourth-order valence-electron chi connectivity index (χ4n) is 3.00. The maximum absolute atomic E-state index is 5.90. The Hall–Kier alpha value is -0.860. The van der Waals surface area contributed by atoms with Gasteiger partial charge >= 0.3 is 0 Å². The zero-order valence-electron chi connectivity index (χ0n) is 16.3. The molecule has 0 spiro atoms. The number of halogens is 1. The topological polar surface area (TPSA) is 46.1 Å². The smallest absolute Gasteiger partial charge is 0.193 e. The molecule has 0 aromatic heterocycles. The molecule has 1 N–H and O–H groups in total. The van der Waals surface area contributed by atoms with E-state index in [0.29, 0.717) is 18.6 Å². The summed E-state index contributed by atoms with van der Waals surface area (Å²) < 4.78 is 11.5. The standard InChI is InChI=1S/C20H33N3O2.HI/c1-17(2)25-13-7-11-22-20(21-3)23-12-10-19(14-23)16-24-15-18-8-5-4-6-9-18;/h4-6,8-9,17,19H,7,10-16H2,1-3H3,(H,21,22);1H. The number of aliphatic imine (C=N–C) groups is 1. The number of nitrogens with one attached hydrogen (secondary N) is 1. The molecular formula is C20H34IN3O2. The summed E-state index contributed by atoms with van der Waals surface area (Å²) in [5, 5.41) is 3.44. The van der Waals surface area contributed by atoms with E-state index in [-0.39, 0.29) is 24.0 Å². The molecule has 0 radical (unpaired) electrons. The molecule has 148 valence electrons. The van der Waals surface area contributed by atoms with Crippen molar-refractivity contribution in [2.24, 2.45) is 10.9 Å². The predicted molar refractivity (Wildman–Crippen MR) is 118 cm³/mol. The fourth-order valence-corrected chi connectivity index (χ4v) is 3.00. The average molecular weight is 475 g/mol. The monoisotopic (exact) mass is 475 g/mol. The molecule has 0 aliphatic carbocycles. The summed E-state index contributed by atoms with van der Waals surface area (Å²) in [6, 6.07) is 10.4. The second-order valence-corrected chi connectivity index (χ2v) is 6.85. The van der Waals surface area contributed by atoms with Crippen molar-refractivity contribution in [1.29, 1.82) is 0 Å². The Bertz CT molecular complexity index is 511. The van der Waals surface area contributed by atoms with Crippen LogP contribution in [0.4, 0.5) is 0 Å². The van der Waals surface area contributed by atoms with Crippen molar-refractivity contribution in [3.63, 3.8) is 0 Å². The molecule has 6 heteroatoms. The SMILES string of the molecule is CN=C(NCCCOC(C)C)N1CCC(COCc2ccccc2)C1.I. The minimum atomic E-state index is 0. The summed E-state index contributed by atoms with van der Waals surface area (Å²) in [6.07, 6.45) is 2.45. The molecule has 1 aliphatic heterocycles. The minimum absolute atomic E-state index is 0. The highest BCUT2D eigenvalue weighted by Gasteiger charge is 2.24. The lowest BCUT2D eigenvalue weighted by Crippen LogP contribution is -2.40. The molecular weight excluding hydrogens is 441 g/mol. The van der Waals surface area contributed by atoms with E-state index in [4.69, 9.17) is 9.47 Å². The highest BCUT2D eigenvalue weighted by molar-refractivity contribution is 14.0. The number of ether oxygens (including phenoxy) is 2. The van der Waals surface area contributed by atoms with Crippen LogP contribution in [0.1, 0.15) is 32.3 Å². The summed E-state index contributed by atoms with van der Waals surface area (Å²) in [6.45, 7) is 9.37. The van der Waals surface area contributed by atoms with E-state index in [0.717, 1.165) is 51.6 Å². The molecule has 26 heavy (non-hydrogen) atoms. The zero-order chi connectivity index (χ0) is 17.9. The zero-order valence-corrected chi connectivity index (χ0v) is 18.6.